The minimum Gasteiger partial charge on any atom is -0.369 e. The van der Waals surface area contributed by atoms with E-state index in [9.17, 15) is 0 Å². The third kappa shape index (κ3) is 3.46. The van der Waals surface area contributed by atoms with Crippen LogP contribution in [0, 0.1) is 0 Å². The summed E-state index contributed by atoms with van der Waals surface area (Å²) in [6, 6.07) is 0.697. The molecule has 3 rings (SSSR count). The molecule has 1 aliphatic carbocycles. The predicted molar refractivity (Wildman–Crippen MR) is 78.7 cm³/mol. The van der Waals surface area contributed by atoms with Gasteiger partial charge < -0.3 is 15.0 Å². The fourth-order valence-corrected chi connectivity index (χ4v) is 2.80. The standard InChI is InChI=1S/C15H24N4O/c1-11-9-19(10-15(2,3)20-11)14-8-16-6-13(18-14)7-17-12-4-5-12/h6,8,11-12,17H,4-5,7,9-10H2,1-3H3. The van der Waals surface area contributed by atoms with E-state index in [0.29, 0.717) is 6.04 Å². The van der Waals surface area contributed by atoms with Crippen LogP contribution in [-0.2, 0) is 11.3 Å². The zero-order chi connectivity index (χ0) is 14.2. The van der Waals surface area contributed by atoms with Crippen molar-refractivity contribution < 1.29 is 4.74 Å². The fourth-order valence-electron chi connectivity index (χ4n) is 2.80. The second-order valence-electron chi connectivity index (χ2n) is 6.59. The highest BCUT2D eigenvalue weighted by molar-refractivity contribution is 5.38. The molecule has 2 heterocycles. The Morgan fingerprint density at radius 3 is 2.90 bits per heavy atom. The maximum atomic E-state index is 5.94. The lowest BCUT2D eigenvalue weighted by molar-refractivity contribution is -0.0751. The van der Waals surface area contributed by atoms with E-state index in [1.807, 2.05) is 12.4 Å². The second kappa shape index (κ2) is 5.30. The second-order valence-corrected chi connectivity index (χ2v) is 6.59. The summed E-state index contributed by atoms with van der Waals surface area (Å²) in [5.41, 5.74) is 0.882. The Labute approximate surface area is 120 Å². The summed E-state index contributed by atoms with van der Waals surface area (Å²) in [7, 11) is 0. The first kappa shape index (κ1) is 13.8. The zero-order valence-electron chi connectivity index (χ0n) is 12.6. The van der Waals surface area contributed by atoms with Crippen molar-refractivity contribution in [2.75, 3.05) is 18.0 Å². The summed E-state index contributed by atoms with van der Waals surface area (Å²) in [5, 5.41) is 3.48. The topological polar surface area (TPSA) is 50.3 Å². The molecule has 1 N–H and O–H groups in total. The number of anilines is 1. The molecule has 1 aromatic rings. The maximum absolute atomic E-state index is 5.94. The van der Waals surface area contributed by atoms with Gasteiger partial charge in [-0.3, -0.25) is 4.98 Å². The molecule has 20 heavy (non-hydrogen) atoms. The molecule has 1 saturated carbocycles. The molecule has 2 aliphatic rings. The van der Waals surface area contributed by atoms with Gasteiger partial charge in [-0.05, 0) is 33.6 Å². The van der Waals surface area contributed by atoms with Crippen LogP contribution in [0.1, 0.15) is 39.3 Å². The molecule has 5 nitrogen and oxygen atoms in total. The Bertz CT molecular complexity index is 473. The summed E-state index contributed by atoms with van der Waals surface area (Å²) in [6.07, 6.45) is 6.52. The first-order chi connectivity index (χ1) is 9.52. The van der Waals surface area contributed by atoms with Crippen molar-refractivity contribution in [1.29, 1.82) is 0 Å². The van der Waals surface area contributed by atoms with Crippen LogP contribution < -0.4 is 10.2 Å². The number of hydrogen-bond acceptors (Lipinski definition) is 5. The molecule has 1 atom stereocenters. The average Bonchev–Trinajstić information content (AvgIpc) is 3.18. The molecule has 0 amide bonds. The van der Waals surface area contributed by atoms with Gasteiger partial charge in [-0.2, -0.15) is 0 Å². The molecule has 0 radical (unpaired) electrons. The lowest BCUT2D eigenvalue weighted by Gasteiger charge is -2.42. The molecule has 0 bridgehead atoms. The van der Waals surface area contributed by atoms with Crippen LogP contribution in [0.5, 0.6) is 0 Å². The summed E-state index contributed by atoms with van der Waals surface area (Å²) >= 11 is 0. The number of hydrogen-bond donors (Lipinski definition) is 1. The van der Waals surface area contributed by atoms with Crippen molar-refractivity contribution in [1.82, 2.24) is 15.3 Å². The Kier molecular flexibility index (Phi) is 3.65. The predicted octanol–water partition coefficient (Wildman–Crippen LogP) is 1.73. The summed E-state index contributed by atoms with van der Waals surface area (Å²) in [5.74, 6) is 0.961. The minimum absolute atomic E-state index is 0.137. The minimum atomic E-state index is -0.137. The number of rotatable bonds is 4. The molecule has 0 aromatic carbocycles. The Morgan fingerprint density at radius 1 is 1.40 bits per heavy atom. The van der Waals surface area contributed by atoms with E-state index in [4.69, 9.17) is 9.72 Å². The van der Waals surface area contributed by atoms with Gasteiger partial charge >= 0.3 is 0 Å². The Balaban J connectivity index is 1.70. The van der Waals surface area contributed by atoms with Gasteiger partial charge in [0.05, 0.1) is 23.6 Å². The zero-order valence-corrected chi connectivity index (χ0v) is 12.6. The summed E-state index contributed by atoms with van der Waals surface area (Å²) in [4.78, 5) is 11.4. The van der Waals surface area contributed by atoms with Gasteiger partial charge in [-0.15, -0.1) is 0 Å². The lowest BCUT2D eigenvalue weighted by atomic mass is 10.1. The third-order valence-corrected chi connectivity index (χ3v) is 3.71. The number of morpholine rings is 1. The molecule has 2 fully saturated rings. The third-order valence-electron chi connectivity index (χ3n) is 3.71. The monoisotopic (exact) mass is 276 g/mol. The average molecular weight is 276 g/mol. The van der Waals surface area contributed by atoms with Crippen LogP contribution >= 0.6 is 0 Å². The highest BCUT2D eigenvalue weighted by atomic mass is 16.5. The molecule has 1 saturated heterocycles. The van der Waals surface area contributed by atoms with Gasteiger partial charge in [0.1, 0.15) is 5.82 Å². The van der Waals surface area contributed by atoms with Gasteiger partial charge in [-0.25, -0.2) is 4.98 Å². The Morgan fingerprint density at radius 2 is 2.20 bits per heavy atom. The van der Waals surface area contributed by atoms with Crippen molar-refractivity contribution in [3.63, 3.8) is 0 Å². The highest BCUT2D eigenvalue weighted by Gasteiger charge is 2.32. The molecule has 5 heteroatoms. The number of ether oxygens (including phenoxy) is 1. The number of aromatic nitrogens is 2. The largest absolute Gasteiger partial charge is 0.369 e. The molecule has 1 unspecified atom stereocenters. The van der Waals surface area contributed by atoms with Crippen LogP contribution in [0.3, 0.4) is 0 Å². The molecule has 1 aliphatic heterocycles. The molecular weight excluding hydrogens is 252 g/mol. The highest BCUT2D eigenvalue weighted by Crippen LogP contribution is 2.24. The summed E-state index contributed by atoms with van der Waals surface area (Å²) in [6.45, 7) is 8.90. The molecular formula is C15H24N4O. The van der Waals surface area contributed by atoms with Crippen molar-refractivity contribution in [2.45, 2.75) is 57.9 Å². The van der Waals surface area contributed by atoms with Gasteiger partial charge in [0, 0.05) is 31.9 Å². The first-order valence-electron chi connectivity index (χ1n) is 7.49. The van der Waals surface area contributed by atoms with Gasteiger partial charge in [0.25, 0.3) is 0 Å². The van der Waals surface area contributed by atoms with Crippen LogP contribution in [0.25, 0.3) is 0 Å². The van der Waals surface area contributed by atoms with Gasteiger partial charge in [0.15, 0.2) is 0 Å². The van der Waals surface area contributed by atoms with Crippen LogP contribution in [0.15, 0.2) is 12.4 Å². The molecule has 110 valence electrons. The van der Waals surface area contributed by atoms with Crippen molar-refractivity contribution in [3.05, 3.63) is 18.1 Å². The van der Waals surface area contributed by atoms with Gasteiger partial charge in [0.2, 0.25) is 0 Å². The van der Waals surface area contributed by atoms with Crippen molar-refractivity contribution in [2.24, 2.45) is 0 Å². The smallest absolute Gasteiger partial charge is 0.147 e. The van der Waals surface area contributed by atoms with Crippen LogP contribution in [0.2, 0.25) is 0 Å². The van der Waals surface area contributed by atoms with Gasteiger partial charge in [-0.1, -0.05) is 0 Å². The van der Waals surface area contributed by atoms with Crippen molar-refractivity contribution in [3.8, 4) is 0 Å². The van der Waals surface area contributed by atoms with E-state index in [1.54, 1.807) is 0 Å². The summed E-state index contributed by atoms with van der Waals surface area (Å²) < 4.78 is 5.94. The fraction of sp³-hybridized carbons (Fsp3) is 0.733. The Hall–Kier alpha value is -1.20. The van der Waals surface area contributed by atoms with Crippen molar-refractivity contribution >= 4 is 5.82 Å². The van der Waals surface area contributed by atoms with E-state index in [-0.39, 0.29) is 11.7 Å². The number of nitrogens with zero attached hydrogens (tertiary/aromatic N) is 3. The van der Waals surface area contributed by atoms with E-state index in [1.165, 1.54) is 12.8 Å². The SMILES string of the molecule is CC1CN(c2cncc(CNC3CC3)n2)CC(C)(C)O1. The van der Waals surface area contributed by atoms with E-state index < -0.39 is 0 Å². The lowest BCUT2D eigenvalue weighted by Crippen LogP contribution is -2.52. The first-order valence-corrected chi connectivity index (χ1v) is 7.49. The quantitative estimate of drug-likeness (QED) is 0.907. The van der Waals surface area contributed by atoms with E-state index in [0.717, 1.165) is 31.1 Å². The molecule has 1 aromatic heterocycles. The van der Waals surface area contributed by atoms with Crippen LogP contribution in [0.4, 0.5) is 5.82 Å². The van der Waals surface area contributed by atoms with E-state index >= 15 is 0 Å². The normalized spacial score (nSPS) is 25.8. The van der Waals surface area contributed by atoms with E-state index in [2.05, 4.69) is 36.0 Å². The maximum Gasteiger partial charge on any atom is 0.147 e. The molecule has 0 spiro atoms. The number of nitrogens with one attached hydrogen (secondary N) is 1. The van der Waals surface area contributed by atoms with Crippen LogP contribution in [-0.4, -0.2) is 40.8 Å².